The average molecular weight is 243 g/mol. The fraction of sp³-hybridized carbons (Fsp3) is 1.00. The summed E-state index contributed by atoms with van der Waals surface area (Å²) < 4.78 is 21.6. The van der Waals surface area contributed by atoms with E-state index in [1.54, 1.807) is 4.90 Å². The van der Waals surface area contributed by atoms with Crippen LogP contribution < -0.4 is 0 Å². The SMILES string of the molecule is O=S(=O)(Cl)CN1CCN(CCO)CC1. The van der Waals surface area contributed by atoms with Crippen molar-refractivity contribution in [2.45, 2.75) is 0 Å². The van der Waals surface area contributed by atoms with Crippen molar-refractivity contribution in [2.24, 2.45) is 0 Å². The van der Waals surface area contributed by atoms with Gasteiger partial charge in [-0.1, -0.05) is 0 Å². The molecule has 1 aliphatic heterocycles. The van der Waals surface area contributed by atoms with Gasteiger partial charge in [-0.25, -0.2) is 8.42 Å². The number of nitrogens with zero attached hydrogens (tertiary/aromatic N) is 2. The van der Waals surface area contributed by atoms with Gasteiger partial charge >= 0.3 is 0 Å². The first-order valence-corrected chi connectivity index (χ1v) is 6.97. The van der Waals surface area contributed by atoms with Crippen molar-refractivity contribution in [3.8, 4) is 0 Å². The fourth-order valence-corrected chi connectivity index (χ4v) is 2.61. The summed E-state index contributed by atoms with van der Waals surface area (Å²) in [7, 11) is 1.72. The van der Waals surface area contributed by atoms with Gasteiger partial charge in [0.15, 0.2) is 0 Å². The van der Waals surface area contributed by atoms with Gasteiger partial charge in [-0.3, -0.25) is 9.80 Å². The Kier molecular flexibility index (Phi) is 4.59. The Morgan fingerprint density at radius 3 is 2.07 bits per heavy atom. The number of β-amino-alcohol motifs (C(OH)–C–C–N with tert-alkyl or cyclic N) is 1. The van der Waals surface area contributed by atoms with Gasteiger partial charge in [0.2, 0.25) is 9.05 Å². The van der Waals surface area contributed by atoms with Gasteiger partial charge in [0.05, 0.1) is 6.61 Å². The van der Waals surface area contributed by atoms with Gasteiger partial charge in [0.25, 0.3) is 0 Å². The normalized spacial score (nSPS) is 21.3. The van der Waals surface area contributed by atoms with Crippen LogP contribution in [0.25, 0.3) is 0 Å². The van der Waals surface area contributed by atoms with Crippen LogP contribution in [0.5, 0.6) is 0 Å². The zero-order chi connectivity index (χ0) is 10.6. The highest BCUT2D eigenvalue weighted by atomic mass is 35.7. The van der Waals surface area contributed by atoms with Crippen LogP contribution in [-0.4, -0.2) is 68.5 Å². The molecular weight excluding hydrogens is 228 g/mol. The fourth-order valence-electron chi connectivity index (χ4n) is 1.50. The topological polar surface area (TPSA) is 60.9 Å². The lowest BCUT2D eigenvalue weighted by Crippen LogP contribution is -2.48. The minimum absolute atomic E-state index is 0.0818. The van der Waals surface area contributed by atoms with E-state index in [1.165, 1.54) is 0 Å². The maximum absolute atomic E-state index is 10.8. The lowest BCUT2D eigenvalue weighted by Gasteiger charge is -2.33. The third kappa shape index (κ3) is 4.56. The summed E-state index contributed by atoms with van der Waals surface area (Å²) >= 11 is 0. The number of aliphatic hydroxyl groups excluding tert-OH is 1. The summed E-state index contributed by atoms with van der Waals surface area (Å²) in [5, 5.41) is 8.70. The number of aliphatic hydroxyl groups is 1. The molecule has 0 aliphatic carbocycles. The van der Waals surface area contributed by atoms with E-state index in [9.17, 15) is 8.42 Å². The molecule has 5 nitrogen and oxygen atoms in total. The molecule has 84 valence electrons. The molecule has 0 saturated carbocycles. The zero-order valence-electron chi connectivity index (χ0n) is 7.89. The maximum Gasteiger partial charge on any atom is 0.245 e. The van der Waals surface area contributed by atoms with Crippen molar-refractivity contribution in [1.82, 2.24) is 9.80 Å². The molecule has 1 fully saturated rings. The third-order valence-electron chi connectivity index (χ3n) is 2.22. The molecule has 1 heterocycles. The Morgan fingerprint density at radius 2 is 1.64 bits per heavy atom. The minimum Gasteiger partial charge on any atom is -0.395 e. The van der Waals surface area contributed by atoms with Gasteiger partial charge in [0.1, 0.15) is 5.88 Å². The predicted octanol–water partition coefficient (Wildman–Crippen LogP) is -0.878. The maximum atomic E-state index is 10.8. The molecule has 1 aliphatic rings. The summed E-state index contributed by atoms with van der Waals surface area (Å²) in [4.78, 5) is 3.90. The van der Waals surface area contributed by atoms with Crippen LogP contribution in [-0.2, 0) is 9.05 Å². The average Bonchev–Trinajstić information content (AvgIpc) is 2.06. The largest absolute Gasteiger partial charge is 0.395 e. The molecule has 0 radical (unpaired) electrons. The van der Waals surface area contributed by atoms with Crippen molar-refractivity contribution in [3.05, 3.63) is 0 Å². The zero-order valence-corrected chi connectivity index (χ0v) is 9.47. The van der Waals surface area contributed by atoms with E-state index in [4.69, 9.17) is 15.8 Å². The van der Waals surface area contributed by atoms with Gasteiger partial charge in [-0.05, 0) is 0 Å². The van der Waals surface area contributed by atoms with E-state index < -0.39 is 9.05 Å². The van der Waals surface area contributed by atoms with E-state index in [0.717, 1.165) is 13.1 Å². The first-order valence-electron chi connectivity index (χ1n) is 4.49. The van der Waals surface area contributed by atoms with Crippen LogP contribution >= 0.6 is 10.7 Å². The molecule has 7 heteroatoms. The monoisotopic (exact) mass is 242 g/mol. The molecule has 0 bridgehead atoms. The number of hydrogen-bond donors (Lipinski definition) is 1. The van der Waals surface area contributed by atoms with Gasteiger partial charge in [-0.2, -0.15) is 0 Å². The quantitative estimate of drug-likeness (QED) is 0.649. The van der Waals surface area contributed by atoms with Crippen LogP contribution in [0.15, 0.2) is 0 Å². The Hall–Kier alpha value is 0.120. The molecule has 1 rings (SSSR count). The van der Waals surface area contributed by atoms with Crippen molar-refractivity contribution < 1.29 is 13.5 Å². The van der Waals surface area contributed by atoms with Crippen LogP contribution in [0.3, 0.4) is 0 Å². The molecule has 14 heavy (non-hydrogen) atoms. The van der Waals surface area contributed by atoms with Gasteiger partial charge in [0, 0.05) is 43.4 Å². The standard InChI is InChI=1S/C7H15ClN2O3S/c8-14(12,13)7-10-3-1-9(2-4-10)5-6-11/h11H,1-7H2. The van der Waals surface area contributed by atoms with E-state index >= 15 is 0 Å². The molecule has 1 N–H and O–H groups in total. The summed E-state index contributed by atoms with van der Waals surface area (Å²) in [6.07, 6.45) is 0. The van der Waals surface area contributed by atoms with Gasteiger partial charge in [-0.15, -0.1) is 0 Å². The molecule has 0 spiro atoms. The van der Waals surface area contributed by atoms with Crippen LogP contribution in [0, 0.1) is 0 Å². The van der Waals surface area contributed by atoms with E-state index in [1.807, 2.05) is 0 Å². The highest BCUT2D eigenvalue weighted by Gasteiger charge is 2.19. The Morgan fingerprint density at radius 1 is 1.14 bits per heavy atom. The highest BCUT2D eigenvalue weighted by molar-refractivity contribution is 8.13. The molecule has 0 atom stereocenters. The molecule has 0 aromatic rings. The third-order valence-corrected chi connectivity index (χ3v) is 3.18. The highest BCUT2D eigenvalue weighted by Crippen LogP contribution is 2.05. The molecule has 0 amide bonds. The second kappa shape index (κ2) is 5.27. The Bertz CT molecular complexity index is 262. The van der Waals surface area contributed by atoms with E-state index in [2.05, 4.69) is 4.90 Å². The number of piperazine rings is 1. The molecule has 0 unspecified atom stereocenters. The van der Waals surface area contributed by atoms with Crippen molar-refractivity contribution in [1.29, 1.82) is 0 Å². The molecule has 0 aromatic heterocycles. The lowest BCUT2D eigenvalue weighted by molar-refractivity contribution is 0.124. The van der Waals surface area contributed by atoms with Crippen LogP contribution in [0.4, 0.5) is 0 Å². The van der Waals surface area contributed by atoms with Crippen LogP contribution in [0.1, 0.15) is 0 Å². The van der Waals surface area contributed by atoms with E-state index in [0.29, 0.717) is 19.6 Å². The number of hydrogen-bond acceptors (Lipinski definition) is 5. The van der Waals surface area contributed by atoms with Crippen molar-refractivity contribution >= 4 is 19.7 Å². The second-order valence-corrected chi connectivity index (χ2v) is 6.10. The minimum atomic E-state index is -3.42. The number of halogens is 1. The summed E-state index contributed by atoms with van der Waals surface area (Å²) in [6, 6.07) is 0. The van der Waals surface area contributed by atoms with Crippen molar-refractivity contribution in [3.63, 3.8) is 0 Å². The lowest BCUT2D eigenvalue weighted by atomic mass is 10.3. The summed E-state index contributed by atoms with van der Waals surface area (Å²) in [5.74, 6) is -0.0818. The van der Waals surface area contributed by atoms with Crippen molar-refractivity contribution in [2.75, 3.05) is 45.2 Å². The second-order valence-electron chi connectivity index (χ2n) is 3.35. The first kappa shape index (κ1) is 12.2. The molecule has 0 aromatic carbocycles. The molecule has 1 saturated heterocycles. The van der Waals surface area contributed by atoms with Crippen LogP contribution in [0.2, 0.25) is 0 Å². The number of rotatable bonds is 4. The predicted molar refractivity (Wildman–Crippen MR) is 54.7 cm³/mol. The first-order chi connectivity index (χ1) is 6.51. The van der Waals surface area contributed by atoms with E-state index in [-0.39, 0.29) is 12.5 Å². The Labute approximate surface area is 88.7 Å². The summed E-state index contributed by atoms with van der Waals surface area (Å²) in [6.45, 7) is 3.74. The smallest absolute Gasteiger partial charge is 0.245 e. The Balaban J connectivity index is 2.29. The van der Waals surface area contributed by atoms with Gasteiger partial charge < -0.3 is 5.11 Å². The summed E-state index contributed by atoms with van der Waals surface area (Å²) in [5.41, 5.74) is 0. The molecular formula is C7H15ClN2O3S.